The molecule has 3 aromatic rings. The molecule has 1 saturated heterocycles. The maximum Gasteiger partial charge on any atom is 0.226 e. The number of fused-ring (bicyclic) bond motifs is 1. The van der Waals surface area contributed by atoms with Gasteiger partial charge in [0, 0.05) is 24.4 Å². The van der Waals surface area contributed by atoms with Crippen LogP contribution in [0, 0.1) is 19.8 Å². The van der Waals surface area contributed by atoms with Gasteiger partial charge in [0.25, 0.3) is 0 Å². The van der Waals surface area contributed by atoms with Crippen molar-refractivity contribution >= 4 is 22.8 Å². The lowest BCUT2D eigenvalue weighted by Crippen LogP contribution is -2.41. The van der Waals surface area contributed by atoms with Crippen LogP contribution in [0.3, 0.4) is 0 Å². The van der Waals surface area contributed by atoms with Gasteiger partial charge in [0.2, 0.25) is 11.9 Å². The maximum atomic E-state index is 12.8. The molecule has 2 aromatic carbocycles. The van der Waals surface area contributed by atoms with Gasteiger partial charge in [-0.25, -0.2) is 9.97 Å². The number of ether oxygens (including phenoxy) is 1. The summed E-state index contributed by atoms with van der Waals surface area (Å²) in [5.74, 6) is 1.71. The summed E-state index contributed by atoms with van der Waals surface area (Å²) in [6, 6.07) is 14.1. The molecule has 0 unspecified atom stereocenters. The third-order valence-electron chi connectivity index (χ3n) is 6.15. The highest BCUT2D eigenvalue weighted by Crippen LogP contribution is 2.25. The van der Waals surface area contributed by atoms with E-state index in [1.807, 2.05) is 38.1 Å². The standard InChI is InChI=1S/C25H30N4O2/c1-16-5-10-22-18(3)27-25(28-23(22)15-16)29-13-11-20(12-14-29)24(30)26-17(2)19-6-8-21(31-4)9-7-19/h5-10,15,17,20H,11-14H2,1-4H3,(H,26,30)/t17-/m1/s1. The van der Waals surface area contributed by atoms with Crippen LogP contribution in [0.1, 0.15) is 42.6 Å². The number of hydrogen-bond acceptors (Lipinski definition) is 5. The van der Waals surface area contributed by atoms with Gasteiger partial charge in [-0.1, -0.05) is 24.3 Å². The van der Waals surface area contributed by atoms with Crippen LogP contribution in [-0.4, -0.2) is 36.1 Å². The zero-order chi connectivity index (χ0) is 22.0. The summed E-state index contributed by atoms with van der Waals surface area (Å²) in [5.41, 5.74) is 4.24. The average molecular weight is 419 g/mol. The summed E-state index contributed by atoms with van der Waals surface area (Å²) >= 11 is 0. The van der Waals surface area contributed by atoms with Crippen molar-refractivity contribution in [2.24, 2.45) is 5.92 Å². The number of piperidine rings is 1. The highest BCUT2D eigenvalue weighted by Gasteiger charge is 2.27. The van der Waals surface area contributed by atoms with Gasteiger partial charge in [-0.3, -0.25) is 4.79 Å². The first-order valence-corrected chi connectivity index (χ1v) is 10.9. The van der Waals surface area contributed by atoms with Crippen molar-refractivity contribution in [2.45, 2.75) is 39.7 Å². The molecule has 1 aliphatic heterocycles. The fraction of sp³-hybridized carbons (Fsp3) is 0.400. The van der Waals surface area contributed by atoms with Crippen LogP contribution < -0.4 is 15.0 Å². The molecule has 1 fully saturated rings. The van der Waals surface area contributed by atoms with E-state index in [4.69, 9.17) is 14.7 Å². The Kier molecular flexibility index (Phi) is 6.07. The molecule has 6 heteroatoms. The third-order valence-corrected chi connectivity index (χ3v) is 6.15. The number of methoxy groups -OCH3 is 1. The Labute approximate surface area is 183 Å². The molecule has 1 aromatic heterocycles. The van der Waals surface area contributed by atoms with Gasteiger partial charge in [-0.2, -0.15) is 0 Å². The molecule has 1 aliphatic rings. The van der Waals surface area contributed by atoms with Crippen LogP contribution in [0.5, 0.6) is 5.75 Å². The number of nitrogens with zero attached hydrogens (tertiary/aromatic N) is 3. The second-order valence-electron chi connectivity index (χ2n) is 8.39. The fourth-order valence-electron chi connectivity index (χ4n) is 4.17. The normalized spacial score (nSPS) is 15.7. The Morgan fingerprint density at radius 2 is 1.81 bits per heavy atom. The predicted molar refractivity (Wildman–Crippen MR) is 124 cm³/mol. The first-order valence-electron chi connectivity index (χ1n) is 10.9. The molecular formula is C25H30N4O2. The maximum absolute atomic E-state index is 12.8. The monoisotopic (exact) mass is 418 g/mol. The molecule has 1 N–H and O–H groups in total. The fourth-order valence-corrected chi connectivity index (χ4v) is 4.17. The molecule has 0 radical (unpaired) electrons. The van der Waals surface area contributed by atoms with Gasteiger partial charge in [-0.05, 0) is 62.9 Å². The second-order valence-corrected chi connectivity index (χ2v) is 8.39. The molecule has 31 heavy (non-hydrogen) atoms. The molecule has 0 saturated carbocycles. The van der Waals surface area contributed by atoms with E-state index in [1.54, 1.807) is 7.11 Å². The van der Waals surface area contributed by atoms with Gasteiger partial charge < -0.3 is 15.0 Å². The number of nitrogens with one attached hydrogen (secondary N) is 1. The SMILES string of the molecule is COc1ccc([C@@H](C)NC(=O)C2CCN(c3nc(C)c4ccc(C)cc4n3)CC2)cc1. The molecule has 162 valence electrons. The van der Waals surface area contributed by atoms with E-state index in [0.717, 1.165) is 59.8 Å². The lowest BCUT2D eigenvalue weighted by molar-refractivity contribution is -0.126. The second kappa shape index (κ2) is 8.92. The number of aromatic nitrogens is 2. The minimum absolute atomic E-state index is 0.0146. The Morgan fingerprint density at radius 3 is 2.48 bits per heavy atom. The lowest BCUT2D eigenvalue weighted by Gasteiger charge is -2.32. The van der Waals surface area contributed by atoms with Gasteiger partial charge in [-0.15, -0.1) is 0 Å². The van der Waals surface area contributed by atoms with E-state index >= 15 is 0 Å². The van der Waals surface area contributed by atoms with Gasteiger partial charge >= 0.3 is 0 Å². The van der Waals surface area contributed by atoms with Crippen LogP contribution >= 0.6 is 0 Å². The Hall–Kier alpha value is -3.15. The number of carbonyl (C=O) groups is 1. The molecule has 0 spiro atoms. The number of carbonyl (C=O) groups excluding carboxylic acids is 1. The summed E-state index contributed by atoms with van der Waals surface area (Å²) in [5, 5.41) is 4.26. The first-order chi connectivity index (χ1) is 14.9. The number of benzene rings is 2. The highest BCUT2D eigenvalue weighted by atomic mass is 16.5. The third kappa shape index (κ3) is 4.63. The summed E-state index contributed by atoms with van der Waals surface area (Å²) in [7, 11) is 1.65. The van der Waals surface area contributed by atoms with Crippen molar-refractivity contribution in [3.63, 3.8) is 0 Å². The Bertz CT molecular complexity index is 1070. The van der Waals surface area contributed by atoms with E-state index in [-0.39, 0.29) is 17.9 Å². The minimum atomic E-state index is -0.0360. The number of anilines is 1. The van der Waals surface area contributed by atoms with E-state index in [2.05, 4.69) is 35.3 Å². The molecular weight excluding hydrogens is 388 g/mol. The van der Waals surface area contributed by atoms with Crippen LogP contribution in [0.25, 0.3) is 10.9 Å². The number of hydrogen-bond donors (Lipinski definition) is 1. The largest absolute Gasteiger partial charge is 0.497 e. The predicted octanol–water partition coefficient (Wildman–Crippen LogP) is 4.35. The topological polar surface area (TPSA) is 67.3 Å². The first kappa shape index (κ1) is 21.1. The molecule has 6 nitrogen and oxygen atoms in total. The number of amides is 1. The van der Waals surface area contributed by atoms with Crippen LogP contribution in [0.15, 0.2) is 42.5 Å². The molecule has 0 aliphatic carbocycles. The van der Waals surface area contributed by atoms with Crippen molar-refractivity contribution in [1.29, 1.82) is 0 Å². The smallest absolute Gasteiger partial charge is 0.226 e. The van der Waals surface area contributed by atoms with Crippen LogP contribution in [0.2, 0.25) is 0 Å². The van der Waals surface area contributed by atoms with Crippen molar-refractivity contribution in [3.8, 4) is 5.75 Å². The number of aryl methyl sites for hydroxylation is 2. The summed E-state index contributed by atoms with van der Waals surface area (Å²) in [4.78, 5) is 24.6. The van der Waals surface area contributed by atoms with Crippen molar-refractivity contribution in [2.75, 3.05) is 25.1 Å². The van der Waals surface area contributed by atoms with Crippen LogP contribution in [0.4, 0.5) is 5.95 Å². The van der Waals surface area contributed by atoms with Gasteiger partial charge in [0.05, 0.1) is 24.4 Å². The molecule has 4 rings (SSSR count). The van der Waals surface area contributed by atoms with E-state index in [9.17, 15) is 4.79 Å². The summed E-state index contributed by atoms with van der Waals surface area (Å²) in [6.45, 7) is 7.69. The van der Waals surface area contributed by atoms with Crippen molar-refractivity contribution < 1.29 is 9.53 Å². The van der Waals surface area contributed by atoms with E-state index in [0.29, 0.717) is 0 Å². The molecule has 1 atom stereocenters. The average Bonchev–Trinajstić information content (AvgIpc) is 2.78. The minimum Gasteiger partial charge on any atom is -0.497 e. The molecule has 1 amide bonds. The zero-order valence-corrected chi connectivity index (χ0v) is 18.7. The van der Waals surface area contributed by atoms with Gasteiger partial charge in [0.15, 0.2) is 0 Å². The highest BCUT2D eigenvalue weighted by molar-refractivity contribution is 5.82. The van der Waals surface area contributed by atoms with Crippen molar-refractivity contribution in [1.82, 2.24) is 15.3 Å². The molecule has 2 heterocycles. The lowest BCUT2D eigenvalue weighted by atomic mass is 9.95. The quantitative estimate of drug-likeness (QED) is 0.667. The zero-order valence-electron chi connectivity index (χ0n) is 18.7. The Balaban J connectivity index is 1.37. The van der Waals surface area contributed by atoms with Crippen LogP contribution in [-0.2, 0) is 4.79 Å². The Morgan fingerprint density at radius 1 is 1.10 bits per heavy atom. The summed E-state index contributed by atoms with van der Waals surface area (Å²) in [6.07, 6.45) is 1.60. The van der Waals surface area contributed by atoms with E-state index < -0.39 is 0 Å². The summed E-state index contributed by atoms with van der Waals surface area (Å²) < 4.78 is 5.21. The van der Waals surface area contributed by atoms with E-state index in [1.165, 1.54) is 5.56 Å². The van der Waals surface area contributed by atoms with Gasteiger partial charge in [0.1, 0.15) is 5.75 Å². The molecule has 0 bridgehead atoms. The van der Waals surface area contributed by atoms with Crippen molar-refractivity contribution in [3.05, 3.63) is 59.3 Å². The number of rotatable bonds is 5.